The molecule has 0 aromatic carbocycles. The molecule has 3 N–H and O–H groups in total. The minimum Gasteiger partial charge on any atom is -0.347 e. The SMILES string of the molecule is CC(CN)N(C)C(=O)CNC(=O)CCC1CCCC1. The van der Waals surface area contributed by atoms with Crippen LogP contribution in [0.3, 0.4) is 0 Å². The summed E-state index contributed by atoms with van der Waals surface area (Å²) in [7, 11) is 1.71. The van der Waals surface area contributed by atoms with E-state index in [4.69, 9.17) is 5.73 Å². The lowest BCUT2D eigenvalue weighted by atomic mass is 10.0. The van der Waals surface area contributed by atoms with Crippen molar-refractivity contribution >= 4 is 11.8 Å². The highest BCUT2D eigenvalue weighted by atomic mass is 16.2. The summed E-state index contributed by atoms with van der Waals surface area (Å²) in [5.41, 5.74) is 5.50. The number of nitrogens with one attached hydrogen (secondary N) is 1. The number of amides is 2. The molecule has 1 rings (SSSR count). The predicted molar refractivity (Wildman–Crippen MR) is 75.5 cm³/mol. The third-order valence-electron chi connectivity index (χ3n) is 4.09. The van der Waals surface area contributed by atoms with E-state index in [-0.39, 0.29) is 24.4 Å². The van der Waals surface area contributed by atoms with Crippen LogP contribution in [-0.4, -0.2) is 42.9 Å². The van der Waals surface area contributed by atoms with Crippen molar-refractivity contribution in [1.29, 1.82) is 0 Å². The quantitative estimate of drug-likeness (QED) is 0.720. The zero-order valence-electron chi connectivity index (χ0n) is 12.2. The van der Waals surface area contributed by atoms with Crippen molar-refractivity contribution in [2.75, 3.05) is 20.1 Å². The number of likely N-dealkylation sites (N-methyl/N-ethyl adjacent to an activating group) is 1. The van der Waals surface area contributed by atoms with Crippen molar-refractivity contribution < 1.29 is 9.59 Å². The average Bonchev–Trinajstić information content (AvgIpc) is 2.93. The molecule has 1 aliphatic rings. The summed E-state index contributed by atoms with van der Waals surface area (Å²) in [6, 6.07) is 0.00268. The Morgan fingerprint density at radius 3 is 2.58 bits per heavy atom. The monoisotopic (exact) mass is 269 g/mol. The third kappa shape index (κ3) is 5.59. The molecule has 0 radical (unpaired) electrons. The Balaban J connectivity index is 2.16. The van der Waals surface area contributed by atoms with Gasteiger partial charge in [-0.1, -0.05) is 25.7 Å². The fraction of sp³-hybridized carbons (Fsp3) is 0.857. The first-order valence-corrected chi connectivity index (χ1v) is 7.27. The molecule has 0 aliphatic heterocycles. The molecular formula is C14H27N3O2. The lowest BCUT2D eigenvalue weighted by Gasteiger charge is -2.23. The Morgan fingerprint density at radius 2 is 2.00 bits per heavy atom. The molecule has 0 aromatic heterocycles. The van der Waals surface area contributed by atoms with Crippen molar-refractivity contribution in [3.8, 4) is 0 Å². The summed E-state index contributed by atoms with van der Waals surface area (Å²) in [6.45, 7) is 2.39. The van der Waals surface area contributed by atoms with Crippen LogP contribution in [0.25, 0.3) is 0 Å². The van der Waals surface area contributed by atoms with E-state index in [0.717, 1.165) is 6.42 Å². The van der Waals surface area contributed by atoms with Crippen LogP contribution < -0.4 is 11.1 Å². The number of rotatable bonds is 7. The minimum atomic E-state index is -0.0906. The van der Waals surface area contributed by atoms with E-state index in [1.165, 1.54) is 25.7 Å². The molecule has 0 saturated heterocycles. The molecule has 5 nitrogen and oxygen atoms in total. The summed E-state index contributed by atoms with van der Waals surface area (Å²) >= 11 is 0. The third-order valence-corrected chi connectivity index (χ3v) is 4.09. The number of carbonyl (C=O) groups is 2. The molecule has 0 aromatic rings. The number of nitrogens with zero attached hydrogens (tertiary/aromatic N) is 1. The fourth-order valence-electron chi connectivity index (χ4n) is 2.43. The second-order valence-corrected chi connectivity index (χ2v) is 5.56. The second-order valence-electron chi connectivity index (χ2n) is 5.56. The molecule has 0 heterocycles. The van der Waals surface area contributed by atoms with Crippen molar-refractivity contribution in [3.05, 3.63) is 0 Å². The molecule has 1 saturated carbocycles. The highest BCUT2D eigenvalue weighted by Crippen LogP contribution is 2.28. The largest absolute Gasteiger partial charge is 0.347 e. The maximum absolute atomic E-state index is 11.8. The number of carbonyl (C=O) groups excluding carboxylic acids is 2. The molecule has 19 heavy (non-hydrogen) atoms. The first-order chi connectivity index (χ1) is 9.04. The molecule has 1 unspecified atom stereocenters. The van der Waals surface area contributed by atoms with Crippen molar-refractivity contribution in [2.24, 2.45) is 11.7 Å². The van der Waals surface area contributed by atoms with E-state index in [1.54, 1.807) is 11.9 Å². The van der Waals surface area contributed by atoms with Crippen LogP contribution >= 0.6 is 0 Å². The van der Waals surface area contributed by atoms with Gasteiger partial charge in [0.25, 0.3) is 0 Å². The summed E-state index contributed by atoms with van der Waals surface area (Å²) in [5.74, 6) is 0.600. The normalized spacial score (nSPS) is 17.2. The first kappa shape index (κ1) is 16.0. The van der Waals surface area contributed by atoms with Crippen molar-refractivity contribution in [3.63, 3.8) is 0 Å². The van der Waals surface area contributed by atoms with Gasteiger partial charge in [-0.05, 0) is 19.3 Å². The lowest BCUT2D eigenvalue weighted by Crippen LogP contribution is -2.44. The first-order valence-electron chi connectivity index (χ1n) is 7.27. The molecule has 0 bridgehead atoms. The zero-order chi connectivity index (χ0) is 14.3. The molecule has 1 aliphatic carbocycles. The summed E-state index contributed by atoms with van der Waals surface area (Å²) < 4.78 is 0. The fourth-order valence-corrected chi connectivity index (χ4v) is 2.43. The van der Waals surface area contributed by atoms with Gasteiger partial charge in [-0.15, -0.1) is 0 Å². The highest BCUT2D eigenvalue weighted by Gasteiger charge is 2.17. The molecule has 110 valence electrons. The maximum Gasteiger partial charge on any atom is 0.241 e. The van der Waals surface area contributed by atoms with Crippen molar-refractivity contribution in [1.82, 2.24) is 10.2 Å². The van der Waals surface area contributed by atoms with Crippen LogP contribution in [0.4, 0.5) is 0 Å². The van der Waals surface area contributed by atoms with E-state index < -0.39 is 0 Å². The van der Waals surface area contributed by atoms with Crippen LogP contribution in [0.1, 0.15) is 45.4 Å². The van der Waals surface area contributed by atoms with Gasteiger partial charge in [0.2, 0.25) is 11.8 Å². The summed E-state index contributed by atoms with van der Waals surface area (Å²) in [4.78, 5) is 25.0. The van der Waals surface area contributed by atoms with Crippen LogP contribution in [0.15, 0.2) is 0 Å². The van der Waals surface area contributed by atoms with E-state index >= 15 is 0 Å². The molecule has 5 heteroatoms. The number of hydrogen-bond acceptors (Lipinski definition) is 3. The van der Waals surface area contributed by atoms with E-state index in [1.807, 2.05) is 6.92 Å². The topological polar surface area (TPSA) is 75.4 Å². The van der Waals surface area contributed by atoms with Crippen LogP contribution in [0, 0.1) is 5.92 Å². The van der Waals surface area contributed by atoms with Gasteiger partial charge in [0.05, 0.1) is 6.54 Å². The van der Waals surface area contributed by atoms with Gasteiger partial charge in [0, 0.05) is 26.1 Å². The van der Waals surface area contributed by atoms with E-state index in [0.29, 0.717) is 18.9 Å². The zero-order valence-corrected chi connectivity index (χ0v) is 12.2. The average molecular weight is 269 g/mol. The Labute approximate surface area is 115 Å². The highest BCUT2D eigenvalue weighted by molar-refractivity contribution is 5.84. The van der Waals surface area contributed by atoms with Crippen LogP contribution in [0.2, 0.25) is 0 Å². The lowest BCUT2D eigenvalue weighted by molar-refractivity contribution is -0.133. The molecule has 2 amide bonds. The Morgan fingerprint density at radius 1 is 1.37 bits per heavy atom. The van der Waals surface area contributed by atoms with Gasteiger partial charge in [-0.3, -0.25) is 9.59 Å². The summed E-state index contributed by atoms with van der Waals surface area (Å²) in [5, 5.41) is 2.70. The molecule has 0 spiro atoms. The molecular weight excluding hydrogens is 242 g/mol. The summed E-state index contributed by atoms with van der Waals surface area (Å²) in [6.07, 6.45) is 6.59. The van der Waals surface area contributed by atoms with Gasteiger partial charge in [-0.25, -0.2) is 0 Å². The maximum atomic E-state index is 11.8. The number of hydrogen-bond donors (Lipinski definition) is 2. The van der Waals surface area contributed by atoms with E-state index in [9.17, 15) is 9.59 Å². The predicted octanol–water partition coefficient (Wildman–Crippen LogP) is 0.879. The Kier molecular flexibility index (Phi) is 6.84. The molecule has 1 atom stereocenters. The van der Waals surface area contributed by atoms with Gasteiger partial charge in [-0.2, -0.15) is 0 Å². The van der Waals surface area contributed by atoms with Crippen LogP contribution in [-0.2, 0) is 9.59 Å². The van der Waals surface area contributed by atoms with Crippen molar-refractivity contribution in [2.45, 2.75) is 51.5 Å². The van der Waals surface area contributed by atoms with E-state index in [2.05, 4.69) is 5.32 Å². The van der Waals surface area contributed by atoms with Gasteiger partial charge in [0.15, 0.2) is 0 Å². The molecule has 1 fully saturated rings. The van der Waals surface area contributed by atoms with Crippen LogP contribution in [0.5, 0.6) is 0 Å². The minimum absolute atomic E-state index is 0.00268. The standard InChI is InChI=1S/C14H27N3O2/c1-11(9-15)17(2)14(19)10-16-13(18)8-7-12-5-3-4-6-12/h11-12H,3-10,15H2,1-2H3,(H,16,18). The van der Waals surface area contributed by atoms with Gasteiger partial charge >= 0.3 is 0 Å². The Hall–Kier alpha value is -1.10. The number of nitrogens with two attached hydrogens (primary N) is 1. The Bertz CT molecular complexity index is 301. The van der Waals surface area contributed by atoms with Gasteiger partial charge in [0.1, 0.15) is 0 Å². The smallest absolute Gasteiger partial charge is 0.241 e. The second kappa shape index (κ2) is 8.15. The van der Waals surface area contributed by atoms with Gasteiger partial charge < -0.3 is 16.0 Å².